The van der Waals surface area contributed by atoms with E-state index in [0.717, 1.165) is 23.5 Å². The molecule has 3 rings (SSSR count). The van der Waals surface area contributed by atoms with Crippen molar-refractivity contribution < 1.29 is 22.4 Å². The van der Waals surface area contributed by atoms with Crippen LogP contribution in [0.3, 0.4) is 0 Å². The number of alkyl halides is 3. The van der Waals surface area contributed by atoms with Gasteiger partial charge in [-0.3, -0.25) is 9.59 Å². The number of H-pyrrole nitrogens is 1. The molecular formula is C17H10F3NO3S. The molecule has 1 N–H and O–H groups in total. The number of furan rings is 1. The topological polar surface area (TPSA) is 63.1 Å². The van der Waals surface area contributed by atoms with Gasteiger partial charge in [0, 0.05) is 6.08 Å². The third-order valence-corrected chi connectivity index (χ3v) is 4.18. The van der Waals surface area contributed by atoms with Crippen LogP contribution in [0.15, 0.2) is 51.9 Å². The quantitative estimate of drug-likeness (QED) is 0.726. The molecule has 25 heavy (non-hydrogen) atoms. The van der Waals surface area contributed by atoms with Gasteiger partial charge in [-0.15, -0.1) is 11.3 Å². The summed E-state index contributed by atoms with van der Waals surface area (Å²) in [5.41, 5.74) is -1.04. The number of thiazole rings is 1. The Morgan fingerprint density at radius 2 is 2.00 bits per heavy atom. The monoisotopic (exact) mass is 365 g/mol. The van der Waals surface area contributed by atoms with Gasteiger partial charge in [-0.05, 0) is 35.9 Å². The first-order valence-corrected chi connectivity index (χ1v) is 7.82. The fourth-order valence-electron chi connectivity index (χ4n) is 2.09. The number of carbonyl (C=O) groups excluding carboxylic acids is 1. The van der Waals surface area contributed by atoms with Gasteiger partial charge in [0.05, 0.1) is 21.0 Å². The highest BCUT2D eigenvalue weighted by molar-refractivity contribution is 7.07. The first-order valence-electron chi connectivity index (χ1n) is 7.00. The van der Waals surface area contributed by atoms with Gasteiger partial charge < -0.3 is 9.40 Å². The van der Waals surface area contributed by atoms with E-state index < -0.39 is 23.1 Å². The molecule has 2 aromatic heterocycles. The number of halogens is 3. The van der Waals surface area contributed by atoms with Crippen LogP contribution in [0.5, 0.6) is 0 Å². The lowest BCUT2D eigenvalue weighted by molar-refractivity contribution is -0.137. The standard InChI is InChI=1S/C17H10F3NO3S/c18-17(19,20)11-4-1-3-10(7-11)8-14-16(23)21-15(25-14)9-12(22)13-5-2-6-24-13/h1-9H,(H,21,23)/b14-8-,15-9-. The summed E-state index contributed by atoms with van der Waals surface area (Å²) >= 11 is 0.970. The van der Waals surface area contributed by atoms with Gasteiger partial charge in [-0.1, -0.05) is 12.1 Å². The largest absolute Gasteiger partial charge is 0.461 e. The predicted molar refractivity (Wildman–Crippen MR) is 86.7 cm³/mol. The van der Waals surface area contributed by atoms with E-state index in [1.54, 1.807) is 6.07 Å². The summed E-state index contributed by atoms with van der Waals surface area (Å²) < 4.78 is 43.6. The van der Waals surface area contributed by atoms with Crippen LogP contribution in [-0.4, -0.2) is 10.8 Å². The van der Waals surface area contributed by atoms with E-state index >= 15 is 0 Å². The lowest BCUT2D eigenvalue weighted by Crippen LogP contribution is -2.20. The molecule has 0 unspecified atom stereocenters. The number of Topliss-reactive ketones (excluding diaryl/α,β-unsaturated/α-hetero) is 1. The highest BCUT2D eigenvalue weighted by Gasteiger charge is 2.30. The molecule has 3 aromatic rings. The zero-order valence-electron chi connectivity index (χ0n) is 12.5. The fourth-order valence-corrected chi connectivity index (χ4v) is 2.97. The zero-order chi connectivity index (χ0) is 18.0. The Bertz CT molecular complexity index is 1080. The summed E-state index contributed by atoms with van der Waals surface area (Å²) in [6, 6.07) is 7.69. The van der Waals surface area contributed by atoms with Gasteiger partial charge >= 0.3 is 6.18 Å². The van der Waals surface area contributed by atoms with Gasteiger partial charge in [0.1, 0.15) is 0 Å². The molecule has 2 heterocycles. The van der Waals surface area contributed by atoms with E-state index in [2.05, 4.69) is 4.98 Å². The molecule has 0 spiro atoms. The van der Waals surface area contributed by atoms with Gasteiger partial charge in [0.25, 0.3) is 5.56 Å². The number of carbonyl (C=O) groups is 1. The van der Waals surface area contributed by atoms with Crippen LogP contribution < -0.4 is 14.8 Å². The van der Waals surface area contributed by atoms with Crippen molar-refractivity contribution in [3.8, 4) is 0 Å². The number of ketones is 1. The molecule has 0 bridgehead atoms. The Morgan fingerprint density at radius 3 is 2.68 bits per heavy atom. The molecule has 0 aliphatic heterocycles. The van der Waals surface area contributed by atoms with E-state index in [1.165, 1.54) is 36.6 Å². The van der Waals surface area contributed by atoms with Crippen LogP contribution in [0.4, 0.5) is 13.2 Å². The molecule has 4 nitrogen and oxygen atoms in total. The minimum atomic E-state index is -4.46. The molecule has 0 saturated carbocycles. The second-order valence-corrected chi connectivity index (χ2v) is 6.12. The third kappa shape index (κ3) is 3.97. The average Bonchev–Trinajstić information content (AvgIpc) is 3.18. The minimum absolute atomic E-state index is 0.123. The molecule has 0 aliphatic rings. The highest BCUT2D eigenvalue weighted by atomic mass is 32.1. The van der Waals surface area contributed by atoms with Gasteiger partial charge in [0.2, 0.25) is 5.78 Å². The Labute approximate surface area is 142 Å². The lowest BCUT2D eigenvalue weighted by Gasteiger charge is -2.06. The van der Waals surface area contributed by atoms with Crippen LogP contribution in [-0.2, 0) is 6.18 Å². The number of benzene rings is 1. The molecule has 0 aliphatic carbocycles. The predicted octanol–water partition coefficient (Wildman–Crippen LogP) is 2.54. The molecule has 0 saturated heterocycles. The average molecular weight is 365 g/mol. The van der Waals surface area contributed by atoms with E-state index in [-0.39, 0.29) is 20.5 Å². The molecule has 0 amide bonds. The number of hydrogen-bond acceptors (Lipinski definition) is 4. The first kappa shape index (κ1) is 17.0. The van der Waals surface area contributed by atoms with E-state index in [0.29, 0.717) is 0 Å². The normalized spacial score (nSPS) is 13.4. The number of hydrogen-bond donors (Lipinski definition) is 1. The minimum Gasteiger partial charge on any atom is -0.461 e. The highest BCUT2D eigenvalue weighted by Crippen LogP contribution is 2.29. The van der Waals surface area contributed by atoms with Crippen LogP contribution in [0.2, 0.25) is 0 Å². The van der Waals surface area contributed by atoms with E-state index in [4.69, 9.17) is 4.42 Å². The Morgan fingerprint density at radius 1 is 1.20 bits per heavy atom. The molecule has 0 atom stereocenters. The molecule has 0 fully saturated rings. The van der Waals surface area contributed by atoms with Gasteiger partial charge in [0.15, 0.2) is 5.76 Å². The summed E-state index contributed by atoms with van der Waals surface area (Å²) in [6.45, 7) is 0. The molecule has 1 aromatic carbocycles. The maximum absolute atomic E-state index is 12.7. The Balaban J connectivity index is 2.00. The van der Waals surface area contributed by atoms with E-state index in [1.807, 2.05) is 0 Å². The number of aromatic amines is 1. The smallest absolute Gasteiger partial charge is 0.416 e. The Hall–Kier alpha value is -2.87. The van der Waals surface area contributed by atoms with E-state index in [9.17, 15) is 22.8 Å². The van der Waals surface area contributed by atoms with Crippen molar-refractivity contribution in [3.63, 3.8) is 0 Å². The molecule has 0 radical (unpaired) electrons. The summed E-state index contributed by atoms with van der Waals surface area (Å²) in [6.07, 6.45) is -0.562. The molecule has 128 valence electrons. The third-order valence-electron chi connectivity index (χ3n) is 3.22. The van der Waals surface area contributed by atoms with Crippen molar-refractivity contribution in [2.45, 2.75) is 6.18 Å². The zero-order valence-corrected chi connectivity index (χ0v) is 13.3. The van der Waals surface area contributed by atoms with Crippen molar-refractivity contribution in [1.82, 2.24) is 4.98 Å². The number of aromatic nitrogens is 1. The van der Waals surface area contributed by atoms with Crippen LogP contribution in [0.1, 0.15) is 21.7 Å². The second kappa shape index (κ2) is 6.56. The van der Waals surface area contributed by atoms with Crippen molar-refractivity contribution >= 4 is 29.3 Å². The van der Waals surface area contributed by atoms with Crippen molar-refractivity contribution in [1.29, 1.82) is 0 Å². The van der Waals surface area contributed by atoms with Gasteiger partial charge in [-0.25, -0.2) is 0 Å². The number of nitrogens with one attached hydrogen (secondary N) is 1. The first-order chi connectivity index (χ1) is 11.8. The molecular weight excluding hydrogens is 355 g/mol. The van der Waals surface area contributed by atoms with Crippen LogP contribution >= 0.6 is 11.3 Å². The summed E-state index contributed by atoms with van der Waals surface area (Å²) in [5, 5.41) is 0. The van der Waals surface area contributed by atoms with Crippen molar-refractivity contribution in [2.24, 2.45) is 0 Å². The summed E-state index contributed by atoms with van der Waals surface area (Å²) in [4.78, 5) is 26.3. The maximum atomic E-state index is 12.7. The summed E-state index contributed by atoms with van der Waals surface area (Å²) in [7, 11) is 0. The Kier molecular flexibility index (Phi) is 4.45. The second-order valence-electron chi connectivity index (χ2n) is 5.04. The maximum Gasteiger partial charge on any atom is 0.416 e. The fraction of sp³-hybridized carbons (Fsp3) is 0.0588. The van der Waals surface area contributed by atoms with Crippen LogP contribution in [0, 0.1) is 0 Å². The van der Waals surface area contributed by atoms with Crippen molar-refractivity contribution in [2.75, 3.05) is 0 Å². The number of rotatable bonds is 3. The summed E-state index contributed by atoms with van der Waals surface area (Å²) in [5.74, 6) is -0.300. The van der Waals surface area contributed by atoms with Crippen LogP contribution in [0.25, 0.3) is 12.2 Å². The van der Waals surface area contributed by atoms with Gasteiger partial charge in [-0.2, -0.15) is 13.2 Å². The van der Waals surface area contributed by atoms with Crippen molar-refractivity contribution in [3.05, 3.63) is 79.1 Å². The molecule has 8 heteroatoms. The SMILES string of the molecule is O=C(/C=c1/[nH]c(=O)/c(=C/c2cccc(C(F)(F)F)c2)s1)c1ccco1. The lowest BCUT2D eigenvalue weighted by atomic mass is 10.1.